The summed E-state index contributed by atoms with van der Waals surface area (Å²) in [6, 6.07) is 1.41. The Labute approximate surface area is 115 Å². The molecule has 3 rings (SSSR count). The number of hydrogen-bond donors (Lipinski definition) is 0. The van der Waals surface area contributed by atoms with Crippen molar-refractivity contribution >= 4 is 40.6 Å². The molecule has 2 aromatic rings. The monoisotopic (exact) mass is 306 g/mol. The van der Waals surface area contributed by atoms with Crippen LogP contribution in [0.4, 0.5) is 18.9 Å². The van der Waals surface area contributed by atoms with Crippen molar-refractivity contribution in [3.05, 3.63) is 23.1 Å². The zero-order valence-corrected chi connectivity index (χ0v) is 10.8. The number of halogens is 4. The quantitative estimate of drug-likeness (QED) is 0.759. The van der Waals surface area contributed by atoms with Crippen molar-refractivity contribution in [2.24, 2.45) is 0 Å². The van der Waals surface area contributed by atoms with Crippen LogP contribution in [-0.2, 0) is 0 Å². The van der Waals surface area contributed by atoms with Crippen molar-refractivity contribution in [1.82, 2.24) is 14.6 Å². The molecule has 9 heteroatoms. The van der Waals surface area contributed by atoms with Gasteiger partial charge in [-0.2, -0.15) is 18.3 Å². The molecule has 0 saturated carbocycles. The summed E-state index contributed by atoms with van der Waals surface area (Å²) < 4.78 is 40.5. The third kappa shape index (κ3) is 1.86. The smallest absolute Gasteiger partial charge is 0.335 e. The Hall–Kier alpha value is -1.41. The van der Waals surface area contributed by atoms with Crippen molar-refractivity contribution in [3.8, 4) is 0 Å². The van der Waals surface area contributed by atoms with Crippen LogP contribution in [0.25, 0.3) is 5.65 Å². The van der Waals surface area contributed by atoms with E-state index >= 15 is 0 Å². The lowest BCUT2D eigenvalue weighted by atomic mass is 10.1. The molecule has 0 saturated heterocycles. The van der Waals surface area contributed by atoms with Crippen LogP contribution in [0.5, 0.6) is 0 Å². The number of alkyl halides is 3. The fourth-order valence-corrected chi connectivity index (χ4v) is 2.57. The summed E-state index contributed by atoms with van der Waals surface area (Å²) in [5.41, 5.74) is 1.79. The Kier molecular flexibility index (Phi) is 2.68. The lowest BCUT2D eigenvalue weighted by Crippen LogP contribution is -2.27. The van der Waals surface area contributed by atoms with Gasteiger partial charge in [-0.25, -0.2) is 9.50 Å². The van der Waals surface area contributed by atoms with Crippen molar-refractivity contribution in [3.63, 3.8) is 0 Å². The number of hydrogen-bond acceptors (Lipinski definition) is 3. The second kappa shape index (κ2) is 4.04. The maximum atomic E-state index is 13.1. The first kappa shape index (κ1) is 12.6. The minimum Gasteiger partial charge on any atom is -0.335 e. The Morgan fingerprint density at radius 1 is 1.47 bits per heavy atom. The first-order valence-corrected chi connectivity index (χ1v) is 6.09. The largest absolute Gasteiger partial charge is 0.399 e. The van der Waals surface area contributed by atoms with Gasteiger partial charge in [0, 0.05) is 12.6 Å². The van der Waals surface area contributed by atoms with Crippen molar-refractivity contribution < 1.29 is 13.2 Å². The van der Waals surface area contributed by atoms with Crippen LogP contribution in [0.2, 0.25) is 5.15 Å². The van der Waals surface area contributed by atoms with E-state index in [9.17, 15) is 13.2 Å². The van der Waals surface area contributed by atoms with Crippen LogP contribution in [0.15, 0.2) is 12.3 Å². The summed E-state index contributed by atoms with van der Waals surface area (Å²) in [5.74, 6) is -1.66. The van der Waals surface area contributed by atoms with Crippen LogP contribution in [0.1, 0.15) is 11.6 Å². The fraction of sp³-hybridized carbons (Fsp3) is 0.300. The summed E-state index contributed by atoms with van der Waals surface area (Å²) in [5, 5.41) is 3.96. The Bertz CT molecular complexity index is 669. The second-order valence-electron chi connectivity index (χ2n) is 4.12. The van der Waals surface area contributed by atoms with E-state index in [1.807, 2.05) is 0 Å². The maximum absolute atomic E-state index is 13.1. The highest BCUT2D eigenvalue weighted by atomic mass is 35.5. The van der Waals surface area contributed by atoms with Gasteiger partial charge in [0.1, 0.15) is 5.92 Å². The van der Waals surface area contributed by atoms with Gasteiger partial charge in [0.25, 0.3) is 0 Å². The van der Waals surface area contributed by atoms with Gasteiger partial charge in [-0.3, -0.25) is 0 Å². The summed E-state index contributed by atoms with van der Waals surface area (Å²) in [6.45, 7) is -0.263. The molecule has 1 unspecified atom stereocenters. The number of nitrogens with zero attached hydrogens (tertiary/aromatic N) is 4. The molecule has 0 amide bonds. The van der Waals surface area contributed by atoms with E-state index in [1.165, 1.54) is 22.7 Å². The first-order chi connectivity index (χ1) is 8.91. The molecule has 3 heterocycles. The summed E-state index contributed by atoms with van der Waals surface area (Å²) in [6.07, 6.45) is -3.02. The summed E-state index contributed by atoms with van der Waals surface area (Å²) in [7, 11) is 0. The number of fused-ring (bicyclic) bond motifs is 3. The predicted molar refractivity (Wildman–Crippen MR) is 67.8 cm³/mol. The van der Waals surface area contributed by atoms with Crippen molar-refractivity contribution in [2.75, 3.05) is 11.4 Å². The molecular weight excluding hydrogens is 301 g/mol. The van der Waals surface area contributed by atoms with Gasteiger partial charge in [0.2, 0.25) is 0 Å². The van der Waals surface area contributed by atoms with E-state index in [-0.39, 0.29) is 23.0 Å². The van der Waals surface area contributed by atoms with E-state index in [1.54, 1.807) is 0 Å². The predicted octanol–water partition coefficient (Wildman–Crippen LogP) is 2.81. The average Bonchev–Trinajstić information content (AvgIpc) is 2.86. The second-order valence-corrected chi connectivity index (χ2v) is 4.72. The van der Waals surface area contributed by atoms with Gasteiger partial charge in [-0.1, -0.05) is 23.8 Å². The molecule has 0 spiro atoms. The Morgan fingerprint density at radius 3 is 2.84 bits per heavy atom. The molecule has 0 N–H and O–H groups in total. The van der Waals surface area contributed by atoms with Crippen LogP contribution in [-0.4, -0.2) is 32.8 Å². The van der Waals surface area contributed by atoms with Gasteiger partial charge in [-0.05, 0) is 0 Å². The van der Waals surface area contributed by atoms with E-state index in [0.29, 0.717) is 5.69 Å². The summed E-state index contributed by atoms with van der Waals surface area (Å²) in [4.78, 5) is 5.37. The molecule has 1 aliphatic rings. The average molecular weight is 307 g/mol. The van der Waals surface area contributed by atoms with E-state index in [2.05, 4.69) is 10.1 Å². The highest BCUT2D eigenvalue weighted by Crippen LogP contribution is 2.44. The molecule has 0 fully saturated rings. The lowest BCUT2D eigenvalue weighted by molar-refractivity contribution is -0.147. The molecule has 100 valence electrons. The first-order valence-electron chi connectivity index (χ1n) is 5.24. The molecule has 4 nitrogen and oxygen atoms in total. The molecule has 0 bridgehead atoms. The standard InChI is InChI=1S/C10H6ClF3N4S/c11-7-1-8-15-2-6-9(18(8)16-7)5(10(12,13)14)3-17(6)4-19/h1-2,4-5H,3H2. The third-order valence-corrected chi connectivity index (χ3v) is 3.45. The van der Waals surface area contributed by atoms with Gasteiger partial charge in [-0.15, -0.1) is 0 Å². The van der Waals surface area contributed by atoms with Crippen LogP contribution in [0.3, 0.4) is 0 Å². The molecule has 1 atom stereocenters. The zero-order chi connectivity index (χ0) is 13.8. The maximum Gasteiger partial charge on any atom is 0.399 e. The van der Waals surface area contributed by atoms with E-state index in [4.69, 9.17) is 23.8 Å². The SMILES string of the molecule is FC(F)(F)C1CN(C=S)c2cnc3cc(Cl)nn3c21. The number of aromatic nitrogens is 3. The van der Waals surface area contributed by atoms with E-state index < -0.39 is 12.1 Å². The molecule has 0 aliphatic carbocycles. The van der Waals surface area contributed by atoms with Gasteiger partial charge >= 0.3 is 6.18 Å². The van der Waals surface area contributed by atoms with Gasteiger partial charge < -0.3 is 4.90 Å². The fourth-order valence-electron chi connectivity index (χ4n) is 2.20. The van der Waals surface area contributed by atoms with Crippen LogP contribution in [0, 0.1) is 0 Å². The normalized spacial score (nSPS) is 18.9. The van der Waals surface area contributed by atoms with Gasteiger partial charge in [0.15, 0.2) is 10.8 Å². The highest BCUT2D eigenvalue weighted by Gasteiger charge is 2.48. The van der Waals surface area contributed by atoms with Crippen LogP contribution < -0.4 is 4.90 Å². The number of thiocarbonyl (C=S) groups is 1. The van der Waals surface area contributed by atoms with Gasteiger partial charge in [0.05, 0.1) is 23.1 Å². The number of rotatable bonds is 1. The lowest BCUT2D eigenvalue weighted by Gasteiger charge is -2.15. The van der Waals surface area contributed by atoms with Crippen LogP contribution >= 0.6 is 23.8 Å². The van der Waals surface area contributed by atoms with Crippen molar-refractivity contribution in [1.29, 1.82) is 0 Å². The zero-order valence-electron chi connectivity index (χ0n) is 9.23. The Balaban J connectivity index is 2.30. The molecule has 0 aromatic carbocycles. The molecule has 19 heavy (non-hydrogen) atoms. The minimum absolute atomic E-state index is 0.0190. The highest BCUT2D eigenvalue weighted by molar-refractivity contribution is 7.79. The van der Waals surface area contributed by atoms with E-state index in [0.717, 1.165) is 4.52 Å². The molecule has 2 aromatic heterocycles. The third-order valence-electron chi connectivity index (χ3n) is 3.01. The topological polar surface area (TPSA) is 33.4 Å². The molecular formula is C10H6ClF3N4S. The Morgan fingerprint density at radius 2 is 2.21 bits per heavy atom. The minimum atomic E-state index is -4.38. The molecule has 1 aliphatic heterocycles. The number of anilines is 1. The molecule has 0 radical (unpaired) electrons. The summed E-state index contributed by atoms with van der Waals surface area (Å²) >= 11 is 10.5. The van der Waals surface area contributed by atoms with Crippen molar-refractivity contribution in [2.45, 2.75) is 12.1 Å².